The first-order valence-electron chi connectivity index (χ1n) is 8.17. The molecule has 0 aliphatic heterocycles. The standard InChI is InChI=1S/C19H22F2N4OS/c1-11(12(2)25-19(22)23)8-13-9-16(20)18(17(21)10-13)26-14-4-6-15(7-5-14)27-24-3/h4-10,12,24H,1-3H3,(H4,22,23,25)/b11-8+. The lowest BCUT2D eigenvalue weighted by atomic mass is 10.1. The van der Waals surface area contributed by atoms with Gasteiger partial charge in [-0.05, 0) is 80.4 Å². The predicted octanol–water partition coefficient (Wildman–Crippen LogP) is 4.05. The van der Waals surface area contributed by atoms with E-state index < -0.39 is 17.4 Å². The molecule has 1 unspecified atom stereocenters. The minimum atomic E-state index is -0.794. The molecule has 0 heterocycles. The molecule has 0 amide bonds. The molecule has 2 rings (SSSR count). The van der Waals surface area contributed by atoms with Crippen LogP contribution in [-0.4, -0.2) is 19.0 Å². The Kier molecular flexibility index (Phi) is 7.20. The second-order valence-electron chi connectivity index (χ2n) is 5.81. The molecule has 0 saturated carbocycles. The van der Waals surface area contributed by atoms with Crippen LogP contribution in [0.1, 0.15) is 19.4 Å². The maximum Gasteiger partial charge on any atom is 0.198 e. The number of nitrogens with one attached hydrogen (secondary N) is 1. The second-order valence-corrected chi connectivity index (χ2v) is 6.90. The van der Waals surface area contributed by atoms with Gasteiger partial charge in [0.25, 0.3) is 0 Å². The van der Waals surface area contributed by atoms with Gasteiger partial charge in [-0.25, -0.2) is 13.8 Å². The van der Waals surface area contributed by atoms with Crippen LogP contribution in [0.4, 0.5) is 8.78 Å². The summed E-state index contributed by atoms with van der Waals surface area (Å²) in [7, 11) is 1.80. The first kappa shape index (κ1) is 20.7. The molecule has 0 bridgehead atoms. The number of aliphatic imine (C=N–C) groups is 1. The molecule has 0 radical (unpaired) electrons. The van der Waals surface area contributed by atoms with Crippen molar-refractivity contribution in [2.75, 3.05) is 7.05 Å². The molecule has 5 nitrogen and oxygen atoms in total. The molecular weight excluding hydrogens is 370 g/mol. The second kappa shape index (κ2) is 9.38. The minimum Gasteiger partial charge on any atom is -0.451 e. The quantitative estimate of drug-likeness (QED) is 0.376. The van der Waals surface area contributed by atoms with Gasteiger partial charge in [-0.15, -0.1) is 0 Å². The van der Waals surface area contributed by atoms with Gasteiger partial charge < -0.3 is 16.2 Å². The number of nitrogens with zero attached hydrogens (tertiary/aromatic N) is 1. The largest absolute Gasteiger partial charge is 0.451 e. The molecule has 27 heavy (non-hydrogen) atoms. The number of benzene rings is 2. The van der Waals surface area contributed by atoms with Gasteiger partial charge >= 0.3 is 0 Å². The van der Waals surface area contributed by atoms with E-state index >= 15 is 0 Å². The summed E-state index contributed by atoms with van der Waals surface area (Å²) in [5, 5.41) is 0. The lowest BCUT2D eigenvalue weighted by molar-refractivity contribution is 0.407. The van der Waals surface area contributed by atoms with Gasteiger partial charge in [-0.2, -0.15) is 0 Å². The van der Waals surface area contributed by atoms with E-state index in [-0.39, 0.29) is 12.0 Å². The lowest BCUT2D eigenvalue weighted by Crippen LogP contribution is -2.25. The molecule has 1 atom stereocenters. The lowest BCUT2D eigenvalue weighted by Gasteiger charge is -2.11. The van der Waals surface area contributed by atoms with Crippen molar-refractivity contribution >= 4 is 24.0 Å². The van der Waals surface area contributed by atoms with Gasteiger partial charge in [0.1, 0.15) is 5.75 Å². The number of hydrogen-bond donors (Lipinski definition) is 3. The van der Waals surface area contributed by atoms with E-state index in [9.17, 15) is 8.78 Å². The first-order chi connectivity index (χ1) is 12.8. The van der Waals surface area contributed by atoms with Gasteiger partial charge in [0.05, 0.1) is 6.04 Å². The highest BCUT2D eigenvalue weighted by Gasteiger charge is 2.14. The Balaban J connectivity index is 2.22. The fourth-order valence-corrected chi connectivity index (χ4v) is 2.79. The average Bonchev–Trinajstić information content (AvgIpc) is 2.59. The van der Waals surface area contributed by atoms with Gasteiger partial charge in [-0.3, -0.25) is 4.72 Å². The molecule has 144 valence electrons. The van der Waals surface area contributed by atoms with Crippen LogP contribution in [0.5, 0.6) is 11.5 Å². The highest BCUT2D eigenvalue weighted by Crippen LogP contribution is 2.30. The fourth-order valence-electron chi connectivity index (χ4n) is 2.28. The Morgan fingerprint density at radius 2 is 1.78 bits per heavy atom. The third kappa shape index (κ3) is 5.97. The molecule has 0 fully saturated rings. The number of ether oxygens (including phenoxy) is 1. The van der Waals surface area contributed by atoms with Crippen molar-refractivity contribution in [1.29, 1.82) is 0 Å². The molecule has 5 N–H and O–H groups in total. The molecule has 2 aromatic rings. The van der Waals surface area contributed by atoms with Gasteiger partial charge in [-0.1, -0.05) is 6.08 Å². The van der Waals surface area contributed by atoms with Crippen LogP contribution in [-0.2, 0) is 0 Å². The summed E-state index contributed by atoms with van der Waals surface area (Å²) >= 11 is 1.42. The normalized spacial score (nSPS) is 12.6. The summed E-state index contributed by atoms with van der Waals surface area (Å²) in [4.78, 5) is 4.95. The Morgan fingerprint density at radius 1 is 1.19 bits per heavy atom. The highest BCUT2D eigenvalue weighted by atomic mass is 32.2. The van der Waals surface area contributed by atoms with E-state index in [2.05, 4.69) is 9.71 Å². The SMILES string of the molecule is CNSc1ccc(Oc2c(F)cc(/C=C(\C)C(C)N=C(N)N)cc2F)cc1. The monoisotopic (exact) mass is 392 g/mol. The number of nitrogens with two attached hydrogens (primary N) is 2. The molecule has 0 aliphatic rings. The molecule has 2 aromatic carbocycles. The van der Waals surface area contributed by atoms with Crippen LogP contribution >= 0.6 is 11.9 Å². The van der Waals surface area contributed by atoms with Crippen LogP contribution in [0.15, 0.2) is 51.9 Å². The van der Waals surface area contributed by atoms with Crippen LogP contribution in [0.2, 0.25) is 0 Å². The number of guanidine groups is 1. The topological polar surface area (TPSA) is 85.7 Å². The minimum absolute atomic E-state index is 0.0458. The summed E-state index contributed by atoms with van der Waals surface area (Å²) in [6.45, 7) is 3.56. The van der Waals surface area contributed by atoms with Crippen molar-refractivity contribution in [3.05, 3.63) is 59.2 Å². The van der Waals surface area contributed by atoms with Crippen molar-refractivity contribution in [1.82, 2.24) is 4.72 Å². The molecule has 0 saturated heterocycles. The van der Waals surface area contributed by atoms with Crippen molar-refractivity contribution in [3.63, 3.8) is 0 Å². The van der Waals surface area contributed by atoms with Crippen molar-refractivity contribution in [3.8, 4) is 11.5 Å². The predicted molar refractivity (Wildman–Crippen MR) is 107 cm³/mol. The Labute approximate surface area is 161 Å². The maximum atomic E-state index is 14.4. The van der Waals surface area contributed by atoms with Crippen molar-refractivity contribution in [2.45, 2.75) is 24.8 Å². The Bertz CT molecular complexity index is 826. The van der Waals surface area contributed by atoms with Gasteiger partial charge in [0.2, 0.25) is 0 Å². The van der Waals surface area contributed by atoms with Gasteiger partial charge in [0.15, 0.2) is 23.3 Å². The zero-order valence-corrected chi connectivity index (χ0v) is 16.1. The first-order valence-corrected chi connectivity index (χ1v) is 8.99. The van der Waals surface area contributed by atoms with E-state index in [0.29, 0.717) is 11.3 Å². The van der Waals surface area contributed by atoms with Gasteiger partial charge in [0, 0.05) is 4.90 Å². The van der Waals surface area contributed by atoms with E-state index in [4.69, 9.17) is 16.2 Å². The van der Waals surface area contributed by atoms with Crippen molar-refractivity contribution < 1.29 is 13.5 Å². The molecule has 0 spiro atoms. The maximum absolute atomic E-state index is 14.4. The molecular formula is C19H22F2N4OS. The summed E-state index contributed by atoms with van der Waals surface area (Å²) in [5.41, 5.74) is 11.8. The number of hydrogen-bond acceptors (Lipinski definition) is 4. The summed E-state index contributed by atoms with van der Waals surface area (Å²) in [6.07, 6.45) is 1.62. The summed E-state index contributed by atoms with van der Waals surface area (Å²) in [6, 6.07) is 8.98. The van der Waals surface area contributed by atoms with Crippen LogP contribution < -0.4 is 20.9 Å². The van der Waals surface area contributed by atoms with Crippen LogP contribution in [0.3, 0.4) is 0 Å². The van der Waals surface area contributed by atoms with Crippen LogP contribution in [0.25, 0.3) is 6.08 Å². The Morgan fingerprint density at radius 3 is 2.30 bits per heavy atom. The number of rotatable bonds is 7. The average molecular weight is 392 g/mol. The number of halogens is 2. The zero-order valence-electron chi connectivity index (χ0n) is 15.3. The summed E-state index contributed by atoms with van der Waals surface area (Å²) in [5.74, 6) is -1.74. The molecule has 0 aromatic heterocycles. The van der Waals surface area contributed by atoms with E-state index in [1.54, 1.807) is 51.2 Å². The Hall–Kier alpha value is -2.58. The van der Waals surface area contributed by atoms with E-state index in [1.807, 2.05) is 0 Å². The molecule has 0 aliphatic carbocycles. The fraction of sp³-hybridized carbons (Fsp3) is 0.211. The van der Waals surface area contributed by atoms with E-state index in [1.165, 1.54) is 24.1 Å². The van der Waals surface area contributed by atoms with E-state index in [0.717, 1.165) is 10.5 Å². The van der Waals surface area contributed by atoms with Crippen LogP contribution in [0, 0.1) is 11.6 Å². The molecule has 8 heteroatoms. The third-order valence-electron chi connectivity index (χ3n) is 3.68. The third-order valence-corrected chi connectivity index (χ3v) is 4.39. The smallest absolute Gasteiger partial charge is 0.198 e. The highest BCUT2D eigenvalue weighted by molar-refractivity contribution is 7.97. The summed E-state index contributed by atoms with van der Waals surface area (Å²) < 4.78 is 37.1. The van der Waals surface area contributed by atoms with Crippen molar-refractivity contribution in [2.24, 2.45) is 16.5 Å². The zero-order chi connectivity index (χ0) is 20.0.